The number of benzene rings is 2. The second kappa shape index (κ2) is 8.34. The number of rotatable bonds is 6. The van der Waals surface area contributed by atoms with Gasteiger partial charge in [0.2, 0.25) is 5.78 Å². The normalized spacial score (nSPS) is 11.1. The molecule has 0 aliphatic heterocycles. The molecule has 0 saturated carbocycles. The number of fused-ring (bicyclic) bond motifs is 2. The zero-order valence-electron chi connectivity index (χ0n) is 18.5. The van der Waals surface area contributed by atoms with E-state index >= 15 is 0 Å². The quantitative estimate of drug-likeness (QED) is 0.336. The van der Waals surface area contributed by atoms with E-state index in [4.69, 9.17) is 8.83 Å². The fourth-order valence-electron chi connectivity index (χ4n) is 3.73. The lowest BCUT2D eigenvalue weighted by Gasteiger charge is -2.20. The van der Waals surface area contributed by atoms with Gasteiger partial charge in [-0.1, -0.05) is 0 Å². The van der Waals surface area contributed by atoms with Gasteiger partial charge in [0.15, 0.2) is 0 Å². The highest BCUT2D eigenvalue weighted by Crippen LogP contribution is 2.24. The van der Waals surface area contributed by atoms with Gasteiger partial charge in [-0.2, -0.15) is 0 Å². The zero-order valence-corrected chi connectivity index (χ0v) is 18.5. The van der Waals surface area contributed by atoms with E-state index in [1.165, 1.54) is 12.1 Å². The summed E-state index contributed by atoms with van der Waals surface area (Å²) in [5.74, 6) is -0.721. The lowest BCUT2D eigenvalue weighted by Crippen LogP contribution is -2.22. The molecule has 2 aromatic carbocycles. The van der Waals surface area contributed by atoms with Crippen LogP contribution >= 0.6 is 0 Å². The summed E-state index contributed by atoms with van der Waals surface area (Å²) in [4.78, 5) is 42.3. The maximum Gasteiger partial charge on any atom is 0.347 e. The fourth-order valence-corrected chi connectivity index (χ4v) is 3.73. The van der Waals surface area contributed by atoms with Crippen molar-refractivity contribution in [2.75, 3.05) is 37.0 Å². The van der Waals surface area contributed by atoms with Crippen LogP contribution in [0.2, 0.25) is 0 Å². The lowest BCUT2D eigenvalue weighted by molar-refractivity contribution is 0.103. The van der Waals surface area contributed by atoms with Crippen molar-refractivity contribution >= 4 is 39.1 Å². The summed E-state index contributed by atoms with van der Waals surface area (Å²) in [7, 11) is 3.75. The highest BCUT2D eigenvalue weighted by molar-refractivity contribution is 6.10. The van der Waals surface area contributed by atoms with E-state index in [9.17, 15) is 14.4 Å². The van der Waals surface area contributed by atoms with Crippen LogP contribution in [0, 0.1) is 0 Å². The molecule has 0 amide bonds. The number of ketones is 1. The SMILES string of the molecule is CCN(CC)c1ccc2cc(C(=O)c3cc4ccc(N(C)C)cc4oc3=O)c(=O)oc2c1. The van der Waals surface area contributed by atoms with Gasteiger partial charge in [-0.05, 0) is 50.2 Å². The molecule has 4 rings (SSSR count). The van der Waals surface area contributed by atoms with Gasteiger partial charge in [-0.15, -0.1) is 0 Å². The first-order valence-electron chi connectivity index (χ1n) is 10.4. The molecular formula is C25H24N2O5. The van der Waals surface area contributed by atoms with Crippen molar-refractivity contribution < 1.29 is 13.6 Å². The van der Waals surface area contributed by atoms with Gasteiger partial charge in [-0.3, -0.25) is 4.79 Å². The third-order valence-electron chi connectivity index (χ3n) is 5.57. The van der Waals surface area contributed by atoms with Crippen molar-refractivity contribution in [3.63, 3.8) is 0 Å². The first kappa shape index (κ1) is 21.4. The van der Waals surface area contributed by atoms with Crippen LogP contribution in [0.3, 0.4) is 0 Å². The Balaban J connectivity index is 1.78. The Morgan fingerprint density at radius 1 is 0.750 bits per heavy atom. The number of hydrogen-bond acceptors (Lipinski definition) is 7. The van der Waals surface area contributed by atoms with E-state index in [2.05, 4.69) is 4.90 Å². The maximum atomic E-state index is 13.1. The van der Waals surface area contributed by atoms with Crippen molar-refractivity contribution in [2.24, 2.45) is 0 Å². The van der Waals surface area contributed by atoms with E-state index in [1.54, 1.807) is 24.3 Å². The lowest BCUT2D eigenvalue weighted by atomic mass is 10.0. The largest absolute Gasteiger partial charge is 0.422 e. The van der Waals surface area contributed by atoms with Gasteiger partial charge >= 0.3 is 11.3 Å². The van der Waals surface area contributed by atoms with Crippen LogP contribution in [-0.4, -0.2) is 33.0 Å². The topological polar surface area (TPSA) is 84.0 Å². The molecule has 164 valence electrons. The molecule has 0 fully saturated rings. The summed E-state index contributed by atoms with van der Waals surface area (Å²) in [5, 5.41) is 1.19. The molecule has 0 radical (unpaired) electrons. The van der Waals surface area contributed by atoms with Crippen LogP contribution in [0.1, 0.15) is 29.8 Å². The van der Waals surface area contributed by atoms with Gasteiger partial charge in [-0.25, -0.2) is 9.59 Å². The van der Waals surface area contributed by atoms with Gasteiger partial charge in [0.1, 0.15) is 22.3 Å². The van der Waals surface area contributed by atoms with E-state index in [1.807, 2.05) is 45.0 Å². The van der Waals surface area contributed by atoms with Gasteiger partial charge in [0, 0.05) is 61.5 Å². The molecule has 0 unspecified atom stereocenters. The summed E-state index contributed by atoms with van der Waals surface area (Å²) in [5.41, 5.74) is 0.545. The summed E-state index contributed by atoms with van der Waals surface area (Å²) in [6.07, 6.45) is 0. The predicted octanol–water partition coefficient (Wildman–Crippen LogP) is 4.04. The minimum Gasteiger partial charge on any atom is -0.422 e. The molecule has 32 heavy (non-hydrogen) atoms. The zero-order chi connectivity index (χ0) is 23.0. The van der Waals surface area contributed by atoms with Crippen LogP contribution in [0.4, 0.5) is 11.4 Å². The van der Waals surface area contributed by atoms with Gasteiger partial charge < -0.3 is 18.6 Å². The minimum atomic E-state index is -0.796. The van der Waals surface area contributed by atoms with Crippen molar-refractivity contribution in [1.82, 2.24) is 0 Å². The highest BCUT2D eigenvalue weighted by Gasteiger charge is 2.21. The van der Waals surface area contributed by atoms with E-state index in [0.29, 0.717) is 21.9 Å². The Morgan fingerprint density at radius 2 is 1.22 bits per heavy atom. The first-order valence-corrected chi connectivity index (χ1v) is 10.4. The maximum absolute atomic E-state index is 13.1. The third-order valence-corrected chi connectivity index (χ3v) is 5.57. The average Bonchev–Trinajstić information content (AvgIpc) is 2.78. The van der Waals surface area contributed by atoms with Crippen molar-refractivity contribution in [1.29, 1.82) is 0 Å². The molecule has 0 bridgehead atoms. The Kier molecular flexibility index (Phi) is 5.57. The Labute approximate surface area is 184 Å². The molecule has 0 spiro atoms. The molecule has 2 aromatic heterocycles. The standard InChI is InChI=1S/C25H24N2O5/c1-5-27(6-2)18-10-8-16-12-20(25(30)32-22(16)14-18)23(28)19-11-15-7-9-17(26(3)4)13-21(15)31-24(19)29/h7-14H,5-6H2,1-4H3. The van der Waals surface area contributed by atoms with E-state index in [-0.39, 0.29) is 11.1 Å². The molecule has 4 aromatic rings. The molecule has 7 nitrogen and oxygen atoms in total. The predicted molar refractivity (Wildman–Crippen MR) is 126 cm³/mol. The third kappa shape index (κ3) is 3.77. The van der Waals surface area contributed by atoms with Gasteiger partial charge in [0.25, 0.3) is 0 Å². The van der Waals surface area contributed by atoms with Gasteiger partial charge in [0.05, 0.1) is 0 Å². The number of nitrogens with zero attached hydrogens (tertiary/aromatic N) is 2. The molecule has 0 atom stereocenters. The second-order valence-corrected chi connectivity index (χ2v) is 7.74. The molecule has 0 saturated heterocycles. The number of hydrogen-bond donors (Lipinski definition) is 0. The second-order valence-electron chi connectivity index (χ2n) is 7.74. The Hall–Kier alpha value is -3.87. The molecule has 2 heterocycles. The molecule has 0 aliphatic rings. The molecule has 7 heteroatoms. The monoisotopic (exact) mass is 432 g/mol. The van der Waals surface area contributed by atoms with Crippen LogP contribution in [0.15, 0.2) is 67.0 Å². The van der Waals surface area contributed by atoms with Crippen LogP contribution in [0.5, 0.6) is 0 Å². The van der Waals surface area contributed by atoms with Crippen LogP contribution < -0.4 is 21.1 Å². The molecular weight excluding hydrogens is 408 g/mol. The van der Waals surface area contributed by atoms with Crippen LogP contribution in [-0.2, 0) is 0 Å². The number of carbonyl (C=O) groups excluding carboxylic acids is 1. The summed E-state index contributed by atoms with van der Waals surface area (Å²) in [6, 6.07) is 13.8. The highest BCUT2D eigenvalue weighted by atomic mass is 16.4. The summed E-state index contributed by atoms with van der Waals surface area (Å²) < 4.78 is 10.8. The molecule has 0 N–H and O–H groups in total. The first-order chi connectivity index (χ1) is 15.3. The van der Waals surface area contributed by atoms with Crippen molar-refractivity contribution in [3.05, 3.63) is 80.5 Å². The smallest absolute Gasteiger partial charge is 0.347 e. The number of anilines is 2. The van der Waals surface area contributed by atoms with E-state index < -0.39 is 17.0 Å². The van der Waals surface area contributed by atoms with Crippen molar-refractivity contribution in [3.8, 4) is 0 Å². The number of carbonyl (C=O) groups is 1. The minimum absolute atomic E-state index is 0.204. The summed E-state index contributed by atoms with van der Waals surface area (Å²) in [6.45, 7) is 5.72. The Bertz CT molecular complexity index is 1440. The van der Waals surface area contributed by atoms with Crippen molar-refractivity contribution in [2.45, 2.75) is 13.8 Å². The average molecular weight is 432 g/mol. The Morgan fingerprint density at radius 3 is 1.69 bits per heavy atom. The van der Waals surface area contributed by atoms with E-state index in [0.717, 1.165) is 24.5 Å². The fraction of sp³-hybridized carbons (Fsp3) is 0.240. The summed E-state index contributed by atoms with van der Waals surface area (Å²) >= 11 is 0. The molecule has 0 aliphatic carbocycles. The van der Waals surface area contributed by atoms with Crippen LogP contribution in [0.25, 0.3) is 21.9 Å².